The van der Waals surface area contributed by atoms with Gasteiger partial charge in [-0.05, 0) is 17.7 Å². The van der Waals surface area contributed by atoms with Gasteiger partial charge in [-0.1, -0.05) is 35.3 Å². The third-order valence-corrected chi connectivity index (χ3v) is 2.90. The normalized spacial score (nSPS) is 18.6. The van der Waals surface area contributed by atoms with Crippen LogP contribution >= 0.6 is 23.2 Å². The maximum atomic E-state index is 6.05. The van der Waals surface area contributed by atoms with Gasteiger partial charge in [0.1, 0.15) is 0 Å². The Bertz CT molecular complexity index is 366. The zero-order valence-electron chi connectivity index (χ0n) is 7.48. The molecule has 1 aliphatic rings. The first-order valence-corrected chi connectivity index (χ1v) is 5.12. The molecule has 2 nitrogen and oxygen atoms in total. The van der Waals surface area contributed by atoms with E-state index >= 15 is 0 Å². The Morgan fingerprint density at radius 3 is 2.86 bits per heavy atom. The first-order chi connectivity index (χ1) is 6.77. The van der Waals surface area contributed by atoms with E-state index in [0.717, 1.165) is 24.5 Å². The minimum absolute atomic E-state index is 0.590. The minimum Gasteiger partial charge on any atom is -0.375 e. The highest BCUT2D eigenvalue weighted by Gasteiger charge is 2.06. The van der Waals surface area contributed by atoms with Crippen LogP contribution in [0.3, 0.4) is 0 Å². The number of benzene rings is 1. The lowest BCUT2D eigenvalue weighted by Gasteiger charge is -2.02. The largest absolute Gasteiger partial charge is 0.375 e. The van der Waals surface area contributed by atoms with Gasteiger partial charge in [0.2, 0.25) is 0 Å². The fraction of sp³-hybridized carbons (Fsp3) is 0.200. The van der Waals surface area contributed by atoms with Crippen LogP contribution in [0.5, 0.6) is 0 Å². The molecule has 2 N–H and O–H groups in total. The lowest BCUT2D eigenvalue weighted by molar-refractivity contribution is 0.815. The molecule has 0 aliphatic carbocycles. The van der Waals surface area contributed by atoms with Crippen LogP contribution in [-0.2, 0) is 0 Å². The molecular formula is C10H10Cl2N2. The zero-order valence-corrected chi connectivity index (χ0v) is 8.99. The number of hydrogen-bond acceptors (Lipinski definition) is 2. The van der Waals surface area contributed by atoms with Gasteiger partial charge in [0, 0.05) is 12.2 Å². The molecule has 0 amide bonds. The number of rotatable bonds is 1. The Labute approximate surface area is 92.9 Å². The van der Waals surface area contributed by atoms with Crippen LogP contribution in [0.2, 0.25) is 10.0 Å². The monoisotopic (exact) mass is 228 g/mol. The van der Waals surface area contributed by atoms with Gasteiger partial charge in [0.05, 0.1) is 16.7 Å². The summed E-state index contributed by atoms with van der Waals surface area (Å²) in [7, 11) is 0. The molecule has 1 heterocycles. The lowest BCUT2D eigenvalue weighted by atomic mass is 10.2. The van der Waals surface area contributed by atoms with Crippen molar-refractivity contribution in [3.63, 3.8) is 0 Å². The summed E-state index contributed by atoms with van der Waals surface area (Å²) in [5, 5.41) is 7.57. The van der Waals surface area contributed by atoms with E-state index in [1.165, 1.54) is 0 Å². The van der Waals surface area contributed by atoms with Crippen molar-refractivity contribution in [1.29, 1.82) is 0 Å². The highest BCUT2D eigenvalue weighted by Crippen LogP contribution is 2.26. The third-order valence-electron chi connectivity index (χ3n) is 2.07. The molecule has 1 aromatic rings. The van der Waals surface area contributed by atoms with Crippen LogP contribution < -0.4 is 10.6 Å². The molecular weight excluding hydrogens is 219 g/mol. The molecule has 74 valence electrons. The summed E-state index contributed by atoms with van der Waals surface area (Å²) in [6, 6.07) is 5.62. The van der Waals surface area contributed by atoms with Gasteiger partial charge in [-0.2, -0.15) is 0 Å². The standard InChI is InChI=1S/C10H10Cl2N2/c11-9-3-1-2-7(10(9)12)4-8-5-13-6-14-8/h1-4,13-14H,5-6H2. The molecule has 1 fully saturated rings. The summed E-state index contributed by atoms with van der Waals surface area (Å²) in [6.07, 6.45) is 2.01. The predicted octanol–water partition coefficient (Wildman–Crippen LogP) is 2.48. The van der Waals surface area contributed by atoms with E-state index in [2.05, 4.69) is 10.6 Å². The third kappa shape index (κ3) is 2.03. The first-order valence-electron chi connectivity index (χ1n) is 4.36. The van der Waals surface area contributed by atoms with Gasteiger partial charge < -0.3 is 5.32 Å². The van der Waals surface area contributed by atoms with E-state index in [-0.39, 0.29) is 0 Å². The summed E-state index contributed by atoms with van der Waals surface area (Å²) >= 11 is 11.9. The Morgan fingerprint density at radius 2 is 2.14 bits per heavy atom. The van der Waals surface area contributed by atoms with Crippen molar-refractivity contribution in [2.24, 2.45) is 0 Å². The fourth-order valence-corrected chi connectivity index (χ4v) is 1.72. The van der Waals surface area contributed by atoms with Gasteiger partial charge in [0.25, 0.3) is 0 Å². The molecule has 0 spiro atoms. The molecule has 2 rings (SSSR count). The molecule has 0 radical (unpaired) electrons. The molecule has 0 saturated carbocycles. The molecule has 1 aromatic carbocycles. The molecule has 0 aromatic heterocycles. The van der Waals surface area contributed by atoms with E-state index in [0.29, 0.717) is 10.0 Å². The van der Waals surface area contributed by atoms with Gasteiger partial charge >= 0.3 is 0 Å². The number of nitrogens with one attached hydrogen (secondary N) is 2. The quantitative estimate of drug-likeness (QED) is 0.773. The van der Waals surface area contributed by atoms with E-state index in [4.69, 9.17) is 23.2 Å². The van der Waals surface area contributed by atoms with E-state index in [1.54, 1.807) is 6.07 Å². The minimum atomic E-state index is 0.590. The van der Waals surface area contributed by atoms with Crippen LogP contribution in [0.25, 0.3) is 6.08 Å². The second kappa shape index (κ2) is 4.22. The van der Waals surface area contributed by atoms with Crippen LogP contribution in [0, 0.1) is 0 Å². The topological polar surface area (TPSA) is 24.1 Å². The van der Waals surface area contributed by atoms with E-state index in [9.17, 15) is 0 Å². The van der Waals surface area contributed by atoms with Crippen molar-refractivity contribution in [2.45, 2.75) is 0 Å². The molecule has 4 heteroatoms. The van der Waals surface area contributed by atoms with Crippen LogP contribution in [0.15, 0.2) is 23.9 Å². The number of halogens is 2. The van der Waals surface area contributed by atoms with E-state index in [1.807, 2.05) is 18.2 Å². The second-order valence-electron chi connectivity index (χ2n) is 3.09. The van der Waals surface area contributed by atoms with Crippen molar-refractivity contribution >= 4 is 29.3 Å². The maximum Gasteiger partial charge on any atom is 0.0665 e. The Kier molecular flexibility index (Phi) is 2.96. The summed E-state index contributed by atoms with van der Waals surface area (Å²) in [6.45, 7) is 1.66. The van der Waals surface area contributed by atoms with Crippen molar-refractivity contribution in [3.8, 4) is 0 Å². The Hall–Kier alpha value is -0.700. The summed E-state index contributed by atoms with van der Waals surface area (Å²) in [4.78, 5) is 0. The molecule has 0 atom stereocenters. The fourth-order valence-electron chi connectivity index (χ4n) is 1.36. The molecule has 14 heavy (non-hydrogen) atoms. The Morgan fingerprint density at radius 1 is 1.29 bits per heavy atom. The van der Waals surface area contributed by atoms with Gasteiger partial charge in [0.15, 0.2) is 0 Å². The van der Waals surface area contributed by atoms with Gasteiger partial charge in [-0.3, -0.25) is 5.32 Å². The highest BCUT2D eigenvalue weighted by atomic mass is 35.5. The summed E-state index contributed by atoms with van der Waals surface area (Å²) < 4.78 is 0. The Balaban J connectivity index is 2.32. The average molecular weight is 229 g/mol. The van der Waals surface area contributed by atoms with Gasteiger partial charge in [-0.15, -0.1) is 0 Å². The number of hydrogen-bond donors (Lipinski definition) is 2. The summed E-state index contributed by atoms with van der Waals surface area (Å²) in [5.74, 6) is 0. The maximum absolute atomic E-state index is 6.05. The summed E-state index contributed by atoms with van der Waals surface area (Å²) in [5.41, 5.74) is 2.08. The van der Waals surface area contributed by atoms with Crippen molar-refractivity contribution in [3.05, 3.63) is 39.5 Å². The molecule has 0 bridgehead atoms. The molecule has 1 aliphatic heterocycles. The lowest BCUT2D eigenvalue weighted by Crippen LogP contribution is -2.10. The SMILES string of the molecule is Clc1cccc(C=C2CNCN2)c1Cl. The van der Waals surface area contributed by atoms with Crippen LogP contribution in [0.4, 0.5) is 0 Å². The predicted molar refractivity (Wildman–Crippen MR) is 60.4 cm³/mol. The van der Waals surface area contributed by atoms with Crippen LogP contribution in [-0.4, -0.2) is 13.2 Å². The first kappa shape index (κ1) is 9.84. The van der Waals surface area contributed by atoms with Crippen molar-refractivity contribution in [2.75, 3.05) is 13.2 Å². The van der Waals surface area contributed by atoms with Crippen LogP contribution in [0.1, 0.15) is 5.56 Å². The smallest absolute Gasteiger partial charge is 0.0665 e. The van der Waals surface area contributed by atoms with Crippen molar-refractivity contribution < 1.29 is 0 Å². The van der Waals surface area contributed by atoms with E-state index < -0.39 is 0 Å². The second-order valence-corrected chi connectivity index (χ2v) is 3.88. The van der Waals surface area contributed by atoms with Gasteiger partial charge in [-0.25, -0.2) is 0 Å². The van der Waals surface area contributed by atoms with Crippen molar-refractivity contribution in [1.82, 2.24) is 10.6 Å². The average Bonchev–Trinajstić information content (AvgIpc) is 2.66. The zero-order chi connectivity index (χ0) is 9.97. The molecule has 1 saturated heterocycles. The highest BCUT2D eigenvalue weighted by molar-refractivity contribution is 6.42. The molecule has 0 unspecified atom stereocenters.